The second kappa shape index (κ2) is 7.25. The summed E-state index contributed by atoms with van der Waals surface area (Å²) in [5.41, 5.74) is 0. The second-order valence-corrected chi connectivity index (χ2v) is 5.69. The molecule has 2 amide bonds. The average molecular weight is 284 g/mol. The zero-order chi connectivity index (χ0) is 14.4. The lowest BCUT2D eigenvalue weighted by atomic mass is 10.1. The van der Waals surface area contributed by atoms with E-state index in [9.17, 15) is 9.59 Å². The third-order valence-electron chi connectivity index (χ3n) is 2.81. The molecule has 0 aliphatic rings. The molecule has 0 saturated heterocycles. The van der Waals surface area contributed by atoms with Crippen molar-refractivity contribution < 1.29 is 14.7 Å². The summed E-state index contributed by atoms with van der Waals surface area (Å²) in [5, 5.41) is 13.7. The van der Waals surface area contributed by atoms with E-state index in [2.05, 4.69) is 5.32 Å². The first-order valence-corrected chi connectivity index (χ1v) is 7.02. The molecule has 1 aromatic rings. The molecule has 1 heterocycles. The van der Waals surface area contributed by atoms with Gasteiger partial charge in [-0.3, -0.25) is 9.59 Å². The Kier molecular flexibility index (Phi) is 5.98. The lowest BCUT2D eigenvalue weighted by molar-refractivity contribution is -0.122. The van der Waals surface area contributed by atoms with Gasteiger partial charge in [0.1, 0.15) is 0 Å². The third kappa shape index (κ3) is 4.65. The molecule has 2 N–H and O–H groups in total. The van der Waals surface area contributed by atoms with Crippen molar-refractivity contribution in [3.8, 4) is 0 Å². The smallest absolute Gasteiger partial charge is 0.264 e. The van der Waals surface area contributed by atoms with Crippen LogP contribution in [0.25, 0.3) is 0 Å². The third-order valence-corrected chi connectivity index (χ3v) is 3.67. The maximum absolute atomic E-state index is 11.9. The number of carbonyl (C=O) groups is 2. The van der Waals surface area contributed by atoms with Crippen LogP contribution in [0.1, 0.15) is 23.5 Å². The largest absolute Gasteiger partial charge is 0.394 e. The minimum absolute atomic E-state index is 0.0139. The van der Waals surface area contributed by atoms with Gasteiger partial charge in [-0.05, 0) is 17.4 Å². The summed E-state index contributed by atoms with van der Waals surface area (Å²) in [7, 11) is 1.59. The highest BCUT2D eigenvalue weighted by Gasteiger charge is 2.19. The Labute approximate surface area is 117 Å². The summed E-state index contributed by atoms with van der Waals surface area (Å²) in [6.07, 6.45) is 0. The topological polar surface area (TPSA) is 69.6 Å². The van der Waals surface area contributed by atoms with Crippen molar-refractivity contribution in [2.24, 2.45) is 5.92 Å². The quantitative estimate of drug-likeness (QED) is 0.817. The van der Waals surface area contributed by atoms with E-state index in [4.69, 9.17) is 5.11 Å². The first-order valence-electron chi connectivity index (χ1n) is 6.15. The number of aliphatic hydroxyl groups is 1. The van der Waals surface area contributed by atoms with Crippen LogP contribution in [0.3, 0.4) is 0 Å². The van der Waals surface area contributed by atoms with E-state index in [-0.39, 0.29) is 36.9 Å². The molecule has 0 aromatic carbocycles. The Morgan fingerprint density at radius 2 is 2.16 bits per heavy atom. The Morgan fingerprint density at radius 3 is 2.63 bits per heavy atom. The van der Waals surface area contributed by atoms with Crippen LogP contribution < -0.4 is 5.32 Å². The Bertz CT molecular complexity index is 418. The molecule has 0 radical (unpaired) electrons. The highest BCUT2D eigenvalue weighted by molar-refractivity contribution is 7.12. The van der Waals surface area contributed by atoms with E-state index in [0.29, 0.717) is 4.88 Å². The van der Waals surface area contributed by atoms with Gasteiger partial charge in [0.05, 0.1) is 24.1 Å². The molecule has 0 saturated carbocycles. The molecular formula is C13H20N2O3S. The van der Waals surface area contributed by atoms with Crippen LogP contribution in [0, 0.1) is 5.92 Å². The maximum atomic E-state index is 11.9. The number of thiophene rings is 1. The molecular weight excluding hydrogens is 264 g/mol. The molecule has 1 unspecified atom stereocenters. The fourth-order valence-electron chi connectivity index (χ4n) is 1.55. The number of likely N-dealkylation sites (N-methyl/N-ethyl adjacent to an activating group) is 1. The molecule has 106 valence electrons. The van der Waals surface area contributed by atoms with Gasteiger partial charge < -0.3 is 15.3 Å². The molecule has 0 aliphatic heterocycles. The van der Waals surface area contributed by atoms with Crippen LogP contribution >= 0.6 is 11.3 Å². The van der Waals surface area contributed by atoms with Crippen LogP contribution in [0.5, 0.6) is 0 Å². The molecule has 0 spiro atoms. The fraction of sp³-hybridized carbons (Fsp3) is 0.538. The van der Waals surface area contributed by atoms with Crippen LogP contribution in [-0.4, -0.2) is 48.1 Å². The van der Waals surface area contributed by atoms with Gasteiger partial charge in [-0.25, -0.2) is 0 Å². The van der Waals surface area contributed by atoms with Crippen molar-refractivity contribution in [2.75, 3.05) is 20.2 Å². The standard InChI is InChI=1S/C13H20N2O3S/c1-9(2)10(8-16)14-12(17)7-15(3)13(18)11-5-4-6-19-11/h4-6,9-10,16H,7-8H2,1-3H3,(H,14,17). The summed E-state index contributed by atoms with van der Waals surface area (Å²) < 4.78 is 0. The summed E-state index contributed by atoms with van der Waals surface area (Å²) in [5.74, 6) is -0.289. The van der Waals surface area contributed by atoms with E-state index in [1.54, 1.807) is 19.2 Å². The Hall–Kier alpha value is -1.40. The average Bonchev–Trinajstić information content (AvgIpc) is 2.88. The summed E-state index contributed by atoms with van der Waals surface area (Å²) in [6.45, 7) is 3.72. The van der Waals surface area contributed by atoms with Crippen LogP contribution in [0.4, 0.5) is 0 Å². The van der Waals surface area contributed by atoms with E-state index >= 15 is 0 Å². The van der Waals surface area contributed by atoms with Crippen LogP contribution in [-0.2, 0) is 4.79 Å². The minimum Gasteiger partial charge on any atom is -0.394 e. The molecule has 5 nitrogen and oxygen atoms in total. The number of amides is 2. The minimum atomic E-state index is -0.280. The van der Waals surface area contributed by atoms with Gasteiger partial charge in [0.2, 0.25) is 5.91 Å². The second-order valence-electron chi connectivity index (χ2n) is 4.74. The molecule has 0 fully saturated rings. The van der Waals surface area contributed by atoms with Gasteiger partial charge >= 0.3 is 0 Å². The van der Waals surface area contributed by atoms with Gasteiger partial charge in [0, 0.05) is 7.05 Å². The Balaban J connectivity index is 2.50. The number of hydrogen-bond donors (Lipinski definition) is 2. The molecule has 1 atom stereocenters. The molecule has 0 aliphatic carbocycles. The SMILES string of the molecule is CC(C)C(CO)NC(=O)CN(C)C(=O)c1cccs1. The normalized spacial score (nSPS) is 12.3. The molecule has 1 aromatic heterocycles. The predicted molar refractivity (Wildman–Crippen MR) is 75.1 cm³/mol. The van der Waals surface area contributed by atoms with Crippen LogP contribution in [0.2, 0.25) is 0 Å². The van der Waals surface area contributed by atoms with Crippen molar-refractivity contribution in [2.45, 2.75) is 19.9 Å². The number of rotatable bonds is 6. The number of hydrogen-bond acceptors (Lipinski definition) is 4. The van der Waals surface area contributed by atoms with Crippen molar-refractivity contribution in [1.82, 2.24) is 10.2 Å². The molecule has 0 bridgehead atoms. The highest BCUT2D eigenvalue weighted by atomic mass is 32.1. The number of nitrogens with one attached hydrogen (secondary N) is 1. The zero-order valence-electron chi connectivity index (χ0n) is 11.4. The predicted octanol–water partition coefficient (Wildman–Crippen LogP) is 0.953. The zero-order valence-corrected chi connectivity index (χ0v) is 12.2. The first kappa shape index (κ1) is 15.7. The van der Waals surface area contributed by atoms with Crippen molar-refractivity contribution in [3.05, 3.63) is 22.4 Å². The molecule has 19 heavy (non-hydrogen) atoms. The Morgan fingerprint density at radius 1 is 1.47 bits per heavy atom. The van der Waals surface area contributed by atoms with Gasteiger partial charge in [-0.15, -0.1) is 11.3 Å². The number of nitrogens with zero attached hydrogens (tertiary/aromatic N) is 1. The first-order chi connectivity index (χ1) is 8.95. The van der Waals surface area contributed by atoms with Crippen molar-refractivity contribution in [1.29, 1.82) is 0 Å². The summed E-state index contributed by atoms with van der Waals surface area (Å²) in [4.78, 5) is 25.7. The molecule has 6 heteroatoms. The van der Waals surface area contributed by atoms with E-state index in [0.717, 1.165) is 0 Å². The van der Waals surface area contributed by atoms with Gasteiger partial charge in [-0.1, -0.05) is 19.9 Å². The lowest BCUT2D eigenvalue weighted by Gasteiger charge is -2.22. The number of aliphatic hydroxyl groups excluding tert-OH is 1. The van der Waals surface area contributed by atoms with Crippen LogP contribution in [0.15, 0.2) is 17.5 Å². The highest BCUT2D eigenvalue weighted by Crippen LogP contribution is 2.10. The van der Waals surface area contributed by atoms with E-state index in [1.807, 2.05) is 19.2 Å². The molecule has 1 rings (SSSR count). The van der Waals surface area contributed by atoms with Crippen molar-refractivity contribution in [3.63, 3.8) is 0 Å². The summed E-state index contributed by atoms with van der Waals surface area (Å²) >= 11 is 1.35. The number of carbonyl (C=O) groups excluding carboxylic acids is 2. The maximum Gasteiger partial charge on any atom is 0.264 e. The monoisotopic (exact) mass is 284 g/mol. The lowest BCUT2D eigenvalue weighted by Crippen LogP contribution is -2.46. The van der Waals surface area contributed by atoms with Crippen molar-refractivity contribution >= 4 is 23.2 Å². The van der Waals surface area contributed by atoms with Gasteiger partial charge in [0.25, 0.3) is 5.91 Å². The summed E-state index contributed by atoms with van der Waals surface area (Å²) in [6, 6.07) is 3.25. The van der Waals surface area contributed by atoms with Gasteiger partial charge in [-0.2, -0.15) is 0 Å². The van der Waals surface area contributed by atoms with E-state index < -0.39 is 0 Å². The van der Waals surface area contributed by atoms with E-state index in [1.165, 1.54) is 16.2 Å². The fourth-order valence-corrected chi connectivity index (χ4v) is 2.27. The van der Waals surface area contributed by atoms with Gasteiger partial charge in [0.15, 0.2) is 0 Å².